The van der Waals surface area contributed by atoms with Crippen LogP contribution in [0.5, 0.6) is 0 Å². The molecule has 0 aliphatic carbocycles. The van der Waals surface area contributed by atoms with Gasteiger partial charge in [-0.25, -0.2) is 0 Å². The Bertz CT molecular complexity index is 281. The summed E-state index contributed by atoms with van der Waals surface area (Å²) in [5.74, 6) is 1.25. The summed E-state index contributed by atoms with van der Waals surface area (Å²) in [6.07, 6.45) is 0. The van der Waals surface area contributed by atoms with Crippen LogP contribution in [0.15, 0.2) is 0 Å². The molecule has 0 unspecified atom stereocenters. The van der Waals surface area contributed by atoms with Gasteiger partial charge < -0.3 is 0 Å². The fraction of sp³-hybridized carbons (Fsp3) is 1.00. The van der Waals surface area contributed by atoms with Gasteiger partial charge in [0.2, 0.25) is 0 Å². The van der Waals surface area contributed by atoms with Gasteiger partial charge in [0, 0.05) is 0 Å². The zero-order chi connectivity index (χ0) is 17.9. The van der Waals surface area contributed by atoms with Crippen LogP contribution in [-0.2, 0) is 8.44 Å². The third kappa shape index (κ3) is 7.11. The van der Waals surface area contributed by atoms with Gasteiger partial charge in [0.25, 0.3) is 0 Å². The molecule has 134 valence electrons. The Kier molecular flexibility index (Phi) is 8.52. The van der Waals surface area contributed by atoms with Crippen LogP contribution in [0.25, 0.3) is 0 Å². The van der Waals surface area contributed by atoms with Gasteiger partial charge in [-0.1, -0.05) is 0 Å². The molecule has 0 saturated heterocycles. The second kappa shape index (κ2) is 8.23. The molecule has 0 fully saturated rings. The number of hydrogen-bond donors (Lipinski definition) is 0. The van der Waals surface area contributed by atoms with Crippen LogP contribution in [0.2, 0.25) is 0 Å². The molecule has 0 spiro atoms. The summed E-state index contributed by atoms with van der Waals surface area (Å²) in [4.78, 5) is 0. The van der Waals surface area contributed by atoms with E-state index in [-0.39, 0.29) is 16.8 Å². The molecular formula is C18H39BiO3. The minimum atomic E-state index is -3.03. The topological polar surface area (TPSA) is 27.7 Å². The van der Waals surface area contributed by atoms with E-state index in [1.807, 2.05) is 0 Å². The molecule has 0 aliphatic heterocycles. The average molecular weight is 512 g/mol. The van der Waals surface area contributed by atoms with Crippen molar-refractivity contribution < 1.29 is 8.44 Å². The Morgan fingerprint density at radius 2 is 0.682 bits per heavy atom. The molecule has 0 aliphatic rings. The van der Waals surface area contributed by atoms with Crippen molar-refractivity contribution in [2.75, 3.05) is 0 Å². The molecule has 0 saturated carbocycles. The van der Waals surface area contributed by atoms with Gasteiger partial charge in [-0.05, 0) is 0 Å². The Labute approximate surface area is 149 Å². The Balaban J connectivity index is 5.25. The molecule has 0 aromatic carbocycles. The van der Waals surface area contributed by atoms with Crippen LogP contribution in [0.1, 0.15) is 83.1 Å². The van der Waals surface area contributed by atoms with Gasteiger partial charge in [-0.2, -0.15) is 0 Å². The first-order valence-electron chi connectivity index (χ1n) is 8.49. The summed E-state index contributed by atoms with van der Waals surface area (Å²) in [6, 6.07) is 0. The molecule has 0 aromatic heterocycles. The first-order chi connectivity index (χ1) is 9.62. The fourth-order valence-corrected chi connectivity index (χ4v) is 8.32. The second-order valence-electron chi connectivity index (χ2n) is 8.77. The molecule has 0 rings (SSSR count). The number of hydrogen-bond acceptors (Lipinski definition) is 3. The van der Waals surface area contributed by atoms with Crippen molar-refractivity contribution in [3.8, 4) is 0 Å². The van der Waals surface area contributed by atoms with E-state index in [1.54, 1.807) is 0 Å². The van der Waals surface area contributed by atoms with Crippen LogP contribution in [-0.4, -0.2) is 39.9 Å². The molecule has 0 heterocycles. The third-order valence-corrected chi connectivity index (χ3v) is 12.3. The predicted molar refractivity (Wildman–Crippen MR) is 95.8 cm³/mol. The molecule has 4 heteroatoms. The van der Waals surface area contributed by atoms with Crippen molar-refractivity contribution in [2.24, 2.45) is 17.8 Å². The summed E-state index contributed by atoms with van der Waals surface area (Å²) in [5, 5.41) is 0. The van der Waals surface area contributed by atoms with Gasteiger partial charge >= 0.3 is 149 Å². The van der Waals surface area contributed by atoms with E-state index >= 15 is 0 Å². The molecule has 0 bridgehead atoms. The van der Waals surface area contributed by atoms with Crippen molar-refractivity contribution >= 4 is 23.1 Å². The molecule has 0 atom stereocenters. The van der Waals surface area contributed by atoms with Crippen LogP contribution in [0.3, 0.4) is 0 Å². The summed E-state index contributed by atoms with van der Waals surface area (Å²) in [6.45, 7) is 25.9. The van der Waals surface area contributed by atoms with Crippen molar-refractivity contribution in [3.05, 3.63) is 0 Å². The van der Waals surface area contributed by atoms with Gasteiger partial charge in [0.1, 0.15) is 0 Å². The van der Waals surface area contributed by atoms with Crippen molar-refractivity contribution in [3.63, 3.8) is 0 Å². The monoisotopic (exact) mass is 512 g/mol. The number of rotatable bonds is 9. The van der Waals surface area contributed by atoms with E-state index in [0.717, 1.165) is 0 Å². The van der Waals surface area contributed by atoms with Gasteiger partial charge in [-0.15, -0.1) is 0 Å². The molecule has 3 nitrogen and oxygen atoms in total. The van der Waals surface area contributed by atoms with Crippen LogP contribution in [0, 0.1) is 17.8 Å². The zero-order valence-corrected chi connectivity index (χ0v) is 20.4. The first kappa shape index (κ1) is 22.8. The minimum absolute atomic E-state index is 0.224. The molecule has 0 aromatic rings. The van der Waals surface area contributed by atoms with E-state index in [9.17, 15) is 0 Å². The molecule has 0 amide bonds. The summed E-state index contributed by atoms with van der Waals surface area (Å²) in [7, 11) is 0. The molecular weight excluding hydrogens is 473 g/mol. The van der Waals surface area contributed by atoms with Crippen LogP contribution in [0.4, 0.5) is 0 Å². The average Bonchev–Trinajstić information content (AvgIpc) is 2.25. The van der Waals surface area contributed by atoms with E-state index in [1.165, 1.54) is 0 Å². The third-order valence-electron chi connectivity index (χ3n) is 5.10. The van der Waals surface area contributed by atoms with Crippen molar-refractivity contribution in [1.29, 1.82) is 0 Å². The predicted octanol–water partition coefficient (Wildman–Crippen LogP) is 5.32. The van der Waals surface area contributed by atoms with Crippen molar-refractivity contribution in [2.45, 2.75) is 99.9 Å². The Hall–Kier alpha value is 0.763. The normalized spacial score (nSPS) is 14.7. The molecule has 0 radical (unpaired) electrons. The van der Waals surface area contributed by atoms with Gasteiger partial charge in [0.05, 0.1) is 0 Å². The molecule has 0 N–H and O–H groups in total. The Morgan fingerprint density at radius 1 is 0.500 bits per heavy atom. The van der Waals surface area contributed by atoms with Gasteiger partial charge in [0.15, 0.2) is 0 Å². The summed E-state index contributed by atoms with van der Waals surface area (Å²) in [5.41, 5.74) is -0.672. The Morgan fingerprint density at radius 3 is 0.818 bits per heavy atom. The van der Waals surface area contributed by atoms with E-state index < -0.39 is 23.1 Å². The first-order valence-corrected chi connectivity index (χ1v) is 12.7. The van der Waals surface area contributed by atoms with Crippen LogP contribution >= 0.6 is 0 Å². The van der Waals surface area contributed by atoms with E-state index in [4.69, 9.17) is 8.44 Å². The van der Waals surface area contributed by atoms with Crippen LogP contribution < -0.4 is 0 Å². The quantitative estimate of drug-likeness (QED) is 0.391. The van der Waals surface area contributed by atoms with E-state index in [2.05, 4.69) is 83.1 Å². The summed E-state index contributed by atoms with van der Waals surface area (Å²) < 4.78 is 19.3. The maximum atomic E-state index is 6.43. The summed E-state index contributed by atoms with van der Waals surface area (Å²) >= 11 is -3.03. The molecule has 22 heavy (non-hydrogen) atoms. The SMILES string of the molecule is CC(C)C(C)(C)[O][Bi]([O]C(C)(C)C(C)C)[O]C(C)(C)C(C)C. The second-order valence-corrected chi connectivity index (χ2v) is 12.6. The zero-order valence-electron chi connectivity index (χ0n) is 16.9. The fourth-order valence-electron chi connectivity index (χ4n) is 0.948. The standard InChI is InChI=1S/3C6H13O.Bi/c3*1-5(2)6(3,4)7;/h3*5H,1-4H3;/q3*-1;+3. The maximum absolute atomic E-state index is 6.43. The van der Waals surface area contributed by atoms with Gasteiger partial charge in [-0.3, -0.25) is 0 Å². The van der Waals surface area contributed by atoms with E-state index in [0.29, 0.717) is 17.8 Å². The van der Waals surface area contributed by atoms with Crippen molar-refractivity contribution in [1.82, 2.24) is 0 Å².